The summed E-state index contributed by atoms with van der Waals surface area (Å²) in [6.07, 6.45) is 5.06. The first-order chi connectivity index (χ1) is 9.96. The van der Waals surface area contributed by atoms with Gasteiger partial charge in [0.1, 0.15) is 0 Å². The van der Waals surface area contributed by atoms with Crippen molar-refractivity contribution < 1.29 is 4.74 Å². The van der Waals surface area contributed by atoms with E-state index in [9.17, 15) is 0 Å². The zero-order valence-corrected chi connectivity index (χ0v) is 14.6. The Kier molecular flexibility index (Phi) is 5.73. The van der Waals surface area contributed by atoms with Gasteiger partial charge in [0, 0.05) is 6.61 Å². The lowest BCUT2D eigenvalue weighted by atomic mass is 9.78. The van der Waals surface area contributed by atoms with E-state index in [4.69, 9.17) is 16.3 Å². The molecule has 21 heavy (non-hydrogen) atoms. The zero-order chi connectivity index (χ0) is 15.5. The lowest BCUT2D eigenvalue weighted by molar-refractivity contribution is -0.0267. The van der Waals surface area contributed by atoms with Crippen molar-refractivity contribution in [2.24, 2.45) is 5.92 Å². The highest BCUT2D eigenvalue weighted by Gasteiger charge is 2.31. The van der Waals surface area contributed by atoms with Gasteiger partial charge in [-0.2, -0.15) is 0 Å². The molecule has 0 aliphatic heterocycles. The molecule has 1 aromatic rings. The molecule has 1 fully saturated rings. The van der Waals surface area contributed by atoms with Gasteiger partial charge in [-0.25, -0.2) is 0 Å². The number of hydrogen-bond donors (Lipinski definition) is 0. The van der Waals surface area contributed by atoms with E-state index in [0.29, 0.717) is 6.10 Å². The number of benzene rings is 1. The molecule has 1 unspecified atom stereocenters. The molecule has 0 spiro atoms. The third-order valence-corrected chi connectivity index (χ3v) is 5.50. The van der Waals surface area contributed by atoms with Crippen molar-refractivity contribution in [1.82, 2.24) is 0 Å². The molecule has 1 nitrogen and oxygen atoms in total. The Bertz CT molecular complexity index is 431. The van der Waals surface area contributed by atoms with Gasteiger partial charge < -0.3 is 4.74 Å². The molecule has 1 aromatic carbocycles. The Hall–Kier alpha value is -0.530. The predicted octanol–water partition coefficient (Wildman–Crippen LogP) is 5.86. The normalized spacial score (nSPS) is 23.7. The second-order valence-corrected chi connectivity index (χ2v) is 7.50. The molecule has 2 rings (SSSR count). The van der Waals surface area contributed by atoms with E-state index in [2.05, 4.69) is 52.0 Å². The van der Waals surface area contributed by atoms with E-state index in [-0.39, 0.29) is 10.8 Å². The van der Waals surface area contributed by atoms with Crippen LogP contribution in [-0.4, -0.2) is 12.7 Å². The average molecular weight is 309 g/mol. The third-order valence-electron chi connectivity index (χ3n) is 5.07. The second kappa shape index (κ2) is 7.15. The van der Waals surface area contributed by atoms with Crippen molar-refractivity contribution in [1.29, 1.82) is 0 Å². The van der Waals surface area contributed by atoms with Crippen LogP contribution in [0.15, 0.2) is 24.3 Å². The van der Waals surface area contributed by atoms with Crippen molar-refractivity contribution >= 4 is 11.6 Å². The van der Waals surface area contributed by atoms with Gasteiger partial charge >= 0.3 is 0 Å². The van der Waals surface area contributed by atoms with Crippen LogP contribution >= 0.6 is 11.6 Å². The van der Waals surface area contributed by atoms with Crippen LogP contribution in [0.4, 0.5) is 0 Å². The van der Waals surface area contributed by atoms with Gasteiger partial charge in [-0.3, -0.25) is 0 Å². The van der Waals surface area contributed by atoms with E-state index < -0.39 is 0 Å². The number of alkyl halides is 1. The summed E-state index contributed by atoms with van der Waals surface area (Å²) in [7, 11) is 0. The molecule has 2 heteroatoms. The van der Waals surface area contributed by atoms with Gasteiger partial charge in [0.15, 0.2) is 0 Å². The average Bonchev–Trinajstić information content (AvgIpc) is 2.45. The summed E-state index contributed by atoms with van der Waals surface area (Å²) in [5.41, 5.74) is 2.91. The molecule has 0 N–H and O–H groups in total. The van der Waals surface area contributed by atoms with Crippen LogP contribution in [0.2, 0.25) is 0 Å². The maximum atomic E-state index is 6.60. The molecule has 0 amide bonds. The Labute approximate surface area is 135 Å². The lowest BCUT2D eigenvalue weighted by Crippen LogP contribution is -2.31. The largest absolute Gasteiger partial charge is 0.378 e. The minimum absolute atomic E-state index is 0.136. The monoisotopic (exact) mass is 308 g/mol. The van der Waals surface area contributed by atoms with Gasteiger partial charge in [-0.05, 0) is 55.1 Å². The van der Waals surface area contributed by atoms with Crippen LogP contribution < -0.4 is 0 Å². The minimum Gasteiger partial charge on any atom is -0.378 e. The van der Waals surface area contributed by atoms with Crippen molar-refractivity contribution in [2.75, 3.05) is 6.61 Å². The van der Waals surface area contributed by atoms with E-state index in [1.54, 1.807) is 0 Å². The van der Waals surface area contributed by atoms with Gasteiger partial charge in [0.25, 0.3) is 0 Å². The summed E-state index contributed by atoms with van der Waals surface area (Å²) in [5.74, 6) is 0.732. The molecule has 0 saturated heterocycles. The third kappa shape index (κ3) is 4.23. The molecule has 1 aliphatic rings. The number of halogens is 1. The molecule has 1 atom stereocenters. The quantitative estimate of drug-likeness (QED) is 0.573. The topological polar surface area (TPSA) is 9.23 Å². The molecule has 0 aromatic heterocycles. The lowest BCUT2D eigenvalue weighted by Gasteiger charge is -2.36. The van der Waals surface area contributed by atoms with Crippen LogP contribution in [0.5, 0.6) is 0 Å². The predicted molar refractivity (Wildman–Crippen MR) is 91.1 cm³/mol. The first-order valence-electron chi connectivity index (χ1n) is 8.32. The standard InChI is InChI=1S/C19H29ClO/c1-5-19(3,4)16-9-7-15(8-10-16)18(20)13-14-11-17(12-14)21-6-2/h7-10,14,17-18H,5-6,11-13H2,1-4H3. The van der Waals surface area contributed by atoms with E-state index in [1.807, 2.05) is 0 Å². The van der Waals surface area contributed by atoms with Gasteiger partial charge in [-0.1, -0.05) is 45.0 Å². The highest BCUT2D eigenvalue weighted by Crippen LogP contribution is 2.39. The Morgan fingerprint density at radius 2 is 1.81 bits per heavy atom. The highest BCUT2D eigenvalue weighted by atomic mass is 35.5. The second-order valence-electron chi connectivity index (χ2n) is 6.98. The first kappa shape index (κ1) is 16.8. The summed E-state index contributed by atoms with van der Waals surface area (Å²) in [6.45, 7) is 9.72. The minimum atomic E-state index is 0.136. The van der Waals surface area contributed by atoms with Crippen LogP contribution in [0.1, 0.15) is 69.9 Å². The molecular formula is C19H29ClO. The summed E-state index contributed by atoms with van der Waals surface area (Å²) >= 11 is 6.60. The summed E-state index contributed by atoms with van der Waals surface area (Å²) < 4.78 is 5.62. The van der Waals surface area contributed by atoms with Gasteiger partial charge in [0.05, 0.1) is 11.5 Å². The van der Waals surface area contributed by atoms with Gasteiger partial charge in [0.2, 0.25) is 0 Å². The summed E-state index contributed by atoms with van der Waals surface area (Å²) in [6, 6.07) is 8.92. The van der Waals surface area contributed by atoms with Crippen LogP contribution in [-0.2, 0) is 10.2 Å². The molecule has 1 aliphatic carbocycles. The fraction of sp³-hybridized carbons (Fsp3) is 0.684. The van der Waals surface area contributed by atoms with Crippen molar-refractivity contribution in [3.8, 4) is 0 Å². The van der Waals surface area contributed by atoms with Crippen LogP contribution in [0.25, 0.3) is 0 Å². The molecular weight excluding hydrogens is 280 g/mol. The van der Waals surface area contributed by atoms with Crippen molar-refractivity contribution in [3.63, 3.8) is 0 Å². The molecule has 0 heterocycles. The fourth-order valence-corrected chi connectivity index (χ4v) is 3.41. The van der Waals surface area contributed by atoms with E-state index >= 15 is 0 Å². The maximum Gasteiger partial charge on any atom is 0.0587 e. The number of hydrogen-bond acceptors (Lipinski definition) is 1. The van der Waals surface area contributed by atoms with Crippen LogP contribution in [0.3, 0.4) is 0 Å². The molecule has 0 bridgehead atoms. The molecule has 118 valence electrons. The summed E-state index contributed by atoms with van der Waals surface area (Å²) in [5, 5.41) is 0.136. The smallest absolute Gasteiger partial charge is 0.0587 e. The van der Waals surface area contributed by atoms with Crippen molar-refractivity contribution in [3.05, 3.63) is 35.4 Å². The number of rotatable bonds is 7. The Morgan fingerprint density at radius 3 is 2.33 bits per heavy atom. The Balaban J connectivity index is 1.88. The molecule has 1 saturated carbocycles. The van der Waals surface area contributed by atoms with Gasteiger partial charge in [-0.15, -0.1) is 11.6 Å². The summed E-state index contributed by atoms with van der Waals surface area (Å²) in [4.78, 5) is 0. The fourth-order valence-electron chi connectivity index (χ4n) is 3.01. The van der Waals surface area contributed by atoms with E-state index in [1.165, 1.54) is 24.0 Å². The SMILES string of the molecule is CCOC1CC(CC(Cl)c2ccc(C(C)(C)CC)cc2)C1. The van der Waals surface area contributed by atoms with E-state index in [0.717, 1.165) is 25.4 Å². The van der Waals surface area contributed by atoms with Crippen LogP contribution in [0, 0.1) is 5.92 Å². The van der Waals surface area contributed by atoms with Crippen molar-refractivity contribution in [2.45, 2.75) is 70.3 Å². The Morgan fingerprint density at radius 1 is 1.19 bits per heavy atom. The maximum absolute atomic E-state index is 6.60. The molecule has 0 radical (unpaired) electrons. The first-order valence-corrected chi connectivity index (χ1v) is 8.76. The zero-order valence-electron chi connectivity index (χ0n) is 13.9. The number of ether oxygens (including phenoxy) is 1. The highest BCUT2D eigenvalue weighted by molar-refractivity contribution is 6.20.